The van der Waals surface area contributed by atoms with Gasteiger partial charge in [0.05, 0.1) is 17.5 Å². The van der Waals surface area contributed by atoms with Gasteiger partial charge in [-0.2, -0.15) is 0 Å². The molecule has 9 heteroatoms. The topological polar surface area (TPSA) is 121 Å². The maximum Gasteiger partial charge on any atom is 0.381 e. The van der Waals surface area contributed by atoms with Gasteiger partial charge in [0.2, 0.25) is 11.5 Å². The standard InChI is InChI=1S/C29H33N5O4/c1-28(2,3)34(24-20(17-32-34)15-29(16-23(24)35)10-12-31-13-11-29)26(36)21-8-9-22(33-25(21)30-4)18-6-5-7-19(14-18)27(37)38/h5-9,14,17,31H,10-13,15-16H2,1-4H3,(H-,30,33,36,37,38)/p+1. The van der Waals surface area contributed by atoms with E-state index < -0.39 is 16.1 Å². The van der Waals surface area contributed by atoms with Gasteiger partial charge in [0, 0.05) is 24.6 Å². The fraction of sp³-hybridized carbons (Fsp3) is 0.414. The number of ketones is 1. The van der Waals surface area contributed by atoms with Gasteiger partial charge in [-0.1, -0.05) is 21.8 Å². The van der Waals surface area contributed by atoms with Crippen molar-refractivity contribution < 1.29 is 24.1 Å². The monoisotopic (exact) mass is 516 g/mol. The summed E-state index contributed by atoms with van der Waals surface area (Å²) < 4.78 is -0.431. The first-order valence-corrected chi connectivity index (χ1v) is 13.0. The number of aromatic carboxylic acids is 1. The van der Waals surface area contributed by atoms with Crippen LogP contribution in [0.15, 0.2) is 52.8 Å². The van der Waals surface area contributed by atoms with Crippen molar-refractivity contribution in [2.75, 3.05) is 25.5 Å². The summed E-state index contributed by atoms with van der Waals surface area (Å²) in [5, 5.41) is 20.6. The molecular formula is C29H34N5O4+. The Bertz CT molecular complexity index is 1400. The van der Waals surface area contributed by atoms with Crippen molar-refractivity contribution in [3.8, 4) is 11.3 Å². The Balaban J connectivity index is 1.58. The summed E-state index contributed by atoms with van der Waals surface area (Å²) in [6.07, 6.45) is 4.79. The molecule has 1 aromatic heterocycles. The Labute approximate surface area is 222 Å². The van der Waals surface area contributed by atoms with E-state index in [2.05, 4.69) is 15.6 Å². The molecule has 3 aliphatic rings. The van der Waals surface area contributed by atoms with E-state index in [9.17, 15) is 19.5 Å². The van der Waals surface area contributed by atoms with Crippen LogP contribution in [0.3, 0.4) is 0 Å². The van der Waals surface area contributed by atoms with Crippen LogP contribution in [0, 0.1) is 5.41 Å². The predicted octanol–water partition coefficient (Wildman–Crippen LogP) is 4.23. The van der Waals surface area contributed by atoms with E-state index in [1.165, 1.54) is 6.07 Å². The molecule has 1 unspecified atom stereocenters. The average molecular weight is 517 g/mol. The minimum atomic E-state index is -1.02. The third kappa shape index (κ3) is 4.06. The summed E-state index contributed by atoms with van der Waals surface area (Å²) >= 11 is 0. The van der Waals surface area contributed by atoms with E-state index in [-0.39, 0.29) is 22.7 Å². The van der Waals surface area contributed by atoms with Crippen LogP contribution in [-0.4, -0.2) is 64.2 Å². The number of nitrogens with one attached hydrogen (secondary N) is 2. The third-order valence-corrected chi connectivity index (χ3v) is 8.08. The van der Waals surface area contributed by atoms with Gasteiger partial charge in [-0.25, -0.2) is 14.6 Å². The number of amides is 1. The number of aromatic nitrogens is 1. The lowest BCUT2D eigenvalue weighted by atomic mass is 9.67. The lowest BCUT2D eigenvalue weighted by Gasteiger charge is -2.43. The minimum absolute atomic E-state index is 0.00463. The molecule has 1 aromatic carbocycles. The van der Waals surface area contributed by atoms with Crippen molar-refractivity contribution in [2.24, 2.45) is 10.5 Å². The van der Waals surface area contributed by atoms with Crippen molar-refractivity contribution in [2.45, 2.75) is 52.0 Å². The molecule has 0 saturated carbocycles. The minimum Gasteiger partial charge on any atom is -0.478 e. The fourth-order valence-electron chi connectivity index (χ4n) is 6.11. The molecule has 1 amide bonds. The highest BCUT2D eigenvalue weighted by Crippen LogP contribution is 2.50. The largest absolute Gasteiger partial charge is 0.478 e. The smallest absolute Gasteiger partial charge is 0.381 e. The van der Waals surface area contributed by atoms with E-state index in [1.54, 1.807) is 43.6 Å². The summed E-state index contributed by atoms with van der Waals surface area (Å²) in [7, 11) is 1.68. The Hall–Kier alpha value is -3.69. The van der Waals surface area contributed by atoms with Gasteiger partial charge in [0.15, 0.2) is 0 Å². The number of hydrogen-bond donors (Lipinski definition) is 3. The van der Waals surface area contributed by atoms with Gasteiger partial charge in [0.25, 0.3) is 0 Å². The van der Waals surface area contributed by atoms with Crippen molar-refractivity contribution in [1.29, 1.82) is 0 Å². The Kier molecular flexibility index (Phi) is 6.31. The van der Waals surface area contributed by atoms with Crippen LogP contribution in [0.1, 0.15) is 67.2 Å². The quantitative estimate of drug-likeness (QED) is 0.520. The molecule has 2 aromatic rings. The highest BCUT2D eigenvalue weighted by molar-refractivity contribution is 6.07. The van der Waals surface area contributed by atoms with Crippen LogP contribution < -0.4 is 10.6 Å². The molecule has 1 spiro atoms. The number of allylic oxidation sites excluding steroid dienone is 2. The summed E-state index contributed by atoms with van der Waals surface area (Å²) in [5.41, 5.74) is 2.18. The first-order valence-electron chi connectivity index (χ1n) is 13.0. The molecular weight excluding hydrogens is 482 g/mol. The predicted molar refractivity (Wildman–Crippen MR) is 145 cm³/mol. The molecule has 198 valence electrons. The van der Waals surface area contributed by atoms with Crippen LogP contribution in [-0.2, 0) is 4.79 Å². The number of quaternary nitrogens is 1. The fourth-order valence-corrected chi connectivity index (χ4v) is 6.11. The second-order valence-corrected chi connectivity index (χ2v) is 11.5. The number of rotatable bonds is 4. The summed E-state index contributed by atoms with van der Waals surface area (Å²) in [6.45, 7) is 7.57. The Morgan fingerprint density at radius 2 is 1.84 bits per heavy atom. The Morgan fingerprint density at radius 1 is 1.11 bits per heavy atom. The molecule has 1 saturated heterocycles. The number of benzene rings is 1. The van der Waals surface area contributed by atoms with Gasteiger partial charge in [0.1, 0.15) is 16.9 Å². The number of carbonyl (C=O) groups is 3. The maximum absolute atomic E-state index is 14.5. The van der Waals surface area contributed by atoms with Crippen molar-refractivity contribution >= 4 is 29.7 Å². The van der Waals surface area contributed by atoms with Crippen LogP contribution in [0.4, 0.5) is 5.82 Å². The van der Waals surface area contributed by atoms with Crippen molar-refractivity contribution in [1.82, 2.24) is 10.3 Å². The van der Waals surface area contributed by atoms with Crippen LogP contribution in [0.2, 0.25) is 0 Å². The normalized spacial score (nSPS) is 22.5. The van der Waals surface area contributed by atoms with Gasteiger partial charge in [-0.15, -0.1) is 0 Å². The average Bonchev–Trinajstić information content (AvgIpc) is 3.29. The summed E-state index contributed by atoms with van der Waals surface area (Å²) in [5.74, 6) is -1.01. The Morgan fingerprint density at radius 3 is 2.50 bits per heavy atom. The van der Waals surface area contributed by atoms with Crippen molar-refractivity contribution in [3.63, 3.8) is 0 Å². The van der Waals surface area contributed by atoms with Gasteiger partial charge < -0.3 is 15.7 Å². The number of anilines is 1. The molecule has 3 N–H and O–H groups in total. The zero-order chi connectivity index (χ0) is 27.3. The SMILES string of the molecule is CNc1nc(-c2cccc(C(=O)O)c2)ccc1C(=O)[N+]1(C(C)(C)C)N=CC2=C1C(=O)CC1(CCNCC1)C2. The molecule has 3 heterocycles. The number of hydrogen-bond acceptors (Lipinski definition) is 7. The van der Waals surface area contributed by atoms with E-state index in [0.29, 0.717) is 34.8 Å². The summed E-state index contributed by atoms with van der Waals surface area (Å²) in [6, 6.07) is 9.90. The number of Topliss-reactive ketones (excluding diaryl/α,β-unsaturated/α-hetero) is 1. The molecule has 38 heavy (non-hydrogen) atoms. The third-order valence-electron chi connectivity index (χ3n) is 8.08. The van der Waals surface area contributed by atoms with Gasteiger partial charge in [-0.3, -0.25) is 4.79 Å². The molecule has 0 bridgehead atoms. The summed E-state index contributed by atoms with van der Waals surface area (Å²) in [4.78, 5) is 44.4. The number of pyridine rings is 1. The second kappa shape index (κ2) is 9.25. The van der Waals surface area contributed by atoms with Crippen LogP contribution in [0.5, 0.6) is 0 Å². The number of carboxylic acid groups (broad SMARTS) is 1. The molecule has 1 atom stereocenters. The van der Waals surface area contributed by atoms with E-state index in [0.717, 1.165) is 37.9 Å². The van der Waals surface area contributed by atoms with Gasteiger partial charge >= 0.3 is 11.9 Å². The first-order chi connectivity index (χ1) is 18.0. The van der Waals surface area contributed by atoms with E-state index >= 15 is 0 Å². The van der Waals surface area contributed by atoms with Crippen LogP contribution in [0.25, 0.3) is 11.3 Å². The van der Waals surface area contributed by atoms with E-state index in [4.69, 9.17) is 5.10 Å². The molecule has 2 aliphatic heterocycles. The highest BCUT2D eigenvalue weighted by Gasteiger charge is 2.61. The lowest BCUT2D eigenvalue weighted by molar-refractivity contribution is -0.860. The first kappa shape index (κ1) is 25.9. The molecule has 1 aliphatic carbocycles. The molecule has 0 radical (unpaired) electrons. The second-order valence-electron chi connectivity index (χ2n) is 11.5. The molecule has 5 rings (SSSR count). The number of piperidine rings is 1. The van der Waals surface area contributed by atoms with Gasteiger partial charge in [-0.05, 0) is 82.8 Å². The maximum atomic E-state index is 14.5. The number of carbonyl (C=O) groups excluding carboxylic acids is 2. The highest BCUT2D eigenvalue weighted by atomic mass is 16.4. The zero-order valence-corrected chi connectivity index (χ0v) is 22.3. The molecule has 9 nitrogen and oxygen atoms in total. The number of carboxylic acids is 1. The van der Waals surface area contributed by atoms with E-state index in [1.807, 2.05) is 20.8 Å². The van der Waals surface area contributed by atoms with Crippen molar-refractivity contribution in [3.05, 3.63) is 58.8 Å². The lowest BCUT2D eigenvalue weighted by Crippen LogP contribution is -2.60. The zero-order valence-electron chi connectivity index (χ0n) is 22.3. The molecule has 1 fully saturated rings. The van der Waals surface area contributed by atoms with Crippen LogP contribution >= 0.6 is 0 Å². The number of nitrogens with zero attached hydrogens (tertiary/aromatic N) is 3.